The van der Waals surface area contributed by atoms with Crippen molar-refractivity contribution in [2.75, 3.05) is 32.1 Å². The normalized spacial score (nSPS) is 11.8. The van der Waals surface area contributed by atoms with Gasteiger partial charge in [-0.05, 0) is 55.4 Å². The molecular formula is C20H27ClN2. The molecule has 0 unspecified atom stereocenters. The monoisotopic (exact) mass is 330 g/mol. The van der Waals surface area contributed by atoms with Crippen molar-refractivity contribution in [3.8, 4) is 0 Å². The Labute approximate surface area is 145 Å². The molecule has 2 nitrogen and oxygen atoms in total. The van der Waals surface area contributed by atoms with E-state index in [1.54, 1.807) is 0 Å². The van der Waals surface area contributed by atoms with Gasteiger partial charge in [-0.3, -0.25) is 0 Å². The smallest absolute Gasteiger partial charge is 0.0426 e. The fourth-order valence-electron chi connectivity index (χ4n) is 2.49. The highest BCUT2D eigenvalue weighted by atomic mass is 35.5. The Balaban J connectivity index is 2.33. The number of hydrogen-bond acceptors (Lipinski definition) is 2. The van der Waals surface area contributed by atoms with E-state index < -0.39 is 0 Å². The van der Waals surface area contributed by atoms with E-state index in [2.05, 4.69) is 75.0 Å². The van der Waals surface area contributed by atoms with Gasteiger partial charge in [0.05, 0.1) is 0 Å². The van der Waals surface area contributed by atoms with Crippen molar-refractivity contribution in [2.24, 2.45) is 0 Å². The molecule has 2 aromatic carbocycles. The Morgan fingerprint density at radius 2 is 1.52 bits per heavy atom. The number of halogens is 1. The molecule has 0 spiro atoms. The summed E-state index contributed by atoms with van der Waals surface area (Å²) in [5, 5.41) is 0.767. The lowest BCUT2D eigenvalue weighted by Gasteiger charge is -2.28. The molecule has 2 aromatic rings. The first-order chi connectivity index (χ1) is 10.8. The molecule has 23 heavy (non-hydrogen) atoms. The second-order valence-electron chi connectivity index (χ2n) is 7.23. The summed E-state index contributed by atoms with van der Waals surface area (Å²) in [6.45, 7) is 8.62. The molecule has 0 aliphatic rings. The lowest BCUT2D eigenvalue weighted by molar-refractivity contribution is 0.419. The molecule has 0 N–H and O–H groups in total. The number of likely N-dealkylation sites (N-methyl/N-ethyl adjacent to an activating group) is 1. The summed E-state index contributed by atoms with van der Waals surface area (Å²) < 4.78 is 0. The molecule has 0 fully saturated rings. The van der Waals surface area contributed by atoms with Gasteiger partial charge in [0.25, 0.3) is 0 Å². The van der Waals surface area contributed by atoms with E-state index in [0.29, 0.717) is 0 Å². The van der Waals surface area contributed by atoms with Gasteiger partial charge in [-0.1, -0.05) is 50.6 Å². The standard InChI is InChI=1S/C20H27ClN2/c1-20(2,3)16-9-11-18(12-10-16)23(14-13-22(4)5)19-8-6-7-17(21)15-19/h6-12,15H,13-14H2,1-5H3. The summed E-state index contributed by atoms with van der Waals surface area (Å²) in [5.41, 5.74) is 3.84. The molecule has 0 amide bonds. The van der Waals surface area contributed by atoms with Gasteiger partial charge in [0, 0.05) is 29.5 Å². The van der Waals surface area contributed by atoms with E-state index >= 15 is 0 Å². The third kappa shape index (κ3) is 4.98. The van der Waals surface area contributed by atoms with E-state index in [9.17, 15) is 0 Å². The zero-order valence-electron chi connectivity index (χ0n) is 14.8. The minimum absolute atomic E-state index is 0.170. The van der Waals surface area contributed by atoms with Crippen molar-refractivity contribution in [1.82, 2.24) is 4.90 Å². The highest BCUT2D eigenvalue weighted by Gasteiger charge is 2.15. The Bertz CT molecular complexity index is 627. The average Bonchev–Trinajstić information content (AvgIpc) is 2.47. The largest absolute Gasteiger partial charge is 0.340 e. The van der Waals surface area contributed by atoms with Crippen molar-refractivity contribution in [3.63, 3.8) is 0 Å². The van der Waals surface area contributed by atoms with Crippen LogP contribution in [0.1, 0.15) is 26.3 Å². The van der Waals surface area contributed by atoms with E-state index in [1.165, 1.54) is 11.3 Å². The zero-order chi connectivity index (χ0) is 17.0. The van der Waals surface area contributed by atoms with E-state index in [-0.39, 0.29) is 5.41 Å². The highest BCUT2D eigenvalue weighted by molar-refractivity contribution is 6.30. The van der Waals surface area contributed by atoms with Crippen LogP contribution in [-0.4, -0.2) is 32.1 Å². The topological polar surface area (TPSA) is 6.48 Å². The molecule has 0 aliphatic carbocycles. The van der Waals surface area contributed by atoms with Gasteiger partial charge in [0.1, 0.15) is 0 Å². The van der Waals surface area contributed by atoms with Crippen LogP contribution in [0.5, 0.6) is 0 Å². The Kier molecular flexibility index (Phi) is 5.72. The van der Waals surface area contributed by atoms with Crippen molar-refractivity contribution in [2.45, 2.75) is 26.2 Å². The lowest BCUT2D eigenvalue weighted by atomic mass is 9.87. The quantitative estimate of drug-likeness (QED) is 0.730. The molecule has 0 bridgehead atoms. The molecule has 0 heterocycles. The molecule has 3 heteroatoms. The SMILES string of the molecule is CN(C)CCN(c1ccc(C(C)(C)C)cc1)c1cccc(Cl)c1. The molecule has 0 saturated heterocycles. The predicted molar refractivity (Wildman–Crippen MR) is 102 cm³/mol. The number of nitrogens with zero attached hydrogens (tertiary/aromatic N) is 2. The Hall–Kier alpha value is -1.51. The van der Waals surface area contributed by atoms with Crippen molar-refractivity contribution in [1.29, 1.82) is 0 Å². The van der Waals surface area contributed by atoms with Crippen LogP contribution >= 0.6 is 11.6 Å². The second-order valence-corrected chi connectivity index (χ2v) is 7.67. The summed E-state index contributed by atoms with van der Waals surface area (Å²) in [5.74, 6) is 0. The Morgan fingerprint density at radius 1 is 0.870 bits per heavy atom. The Morgan fingerprint density at radius 3 is 2.04 bits per heavy atom. The van der Waals surface area contributed by atoms with Gasteiger partial charge in [-0.15, -0.1) is 0 Å². The predicted octanol–water partition coefficient (Wildman–Crippen LogP) is 5.34. The molecule has 0 aliphatic heterocycles. The van der Waals surface area contributed by atoms with Crippen LogP contribution in [0.25, 0.3) is 0 Å². The average molecular weight is 331 g/mol. The van der Waals surface area contributed by atoms with E-state index in [1.807, 2.05) is 18.2 Å². The minimum Gasteiger partial charge on any atom is -0.340 e. The number of anilines is 2. The minimum atomic E-state index is 0.170. The van der Waals surface area contributed by atoms with Gasteiger partial charge < -0.3 is 9.80 Å². The summed E-state index contributed by atoms with van der Waals surface area (Å²) in [7, 11) is 4.19. The number of hydrogen-bond donors (Lipinski definition) is 0. The number of rotatable bonds is 5. The van der Waals surface area contributed by atoms with Crippen molar-refractivity contribution < 1.29 is 0 Å². The maximum Gasteiger partial charge on any atom is 0.0426 e. The fourth-order valence-corrected chi connectivity index (χ4v) is 2.68. The van der Waals surface area contributed by atoms with Crippen molar-refractivity contribution in [3.05, 3.63) is 59.1 Å². The number of benzene rings is 2. The van der Waals surface area contributed by atoms with Gasteiger partial charge in [0.15, 0.2) is 0 Å². The molecular weight excluding hydrogens is 304 g/mol. The molecule has 0 aromatic heterocycles. The van der Waals surface area contributed by atoms with Gasteiger partial charge >= 0.3 is 0 Å². The van der Waals surface area contributed by atoms with Crippen LogP contribution in [0.4, 0.5) is 11.4 Å². The van der Waals surface area contributed by atoms with Gasteiger partial charge in [-0.2, -0.15) is 0 Å². The summed E-state index contributed by atoms with van der Waals surface area (Å²) in [6.07, 6.45) is 0. The zero-order valence-corrected chi connectivity index (χ0v) is 15.6. The molecule has 0 saturated carbocycles. The lowest BCUT2D eigenvalue weighted by Crippen LogP contribution is -2.28. The summed E-state index contributed by atoms with van der Waals surface area (Å²) >= 11 is 6.19. The first-order valence-corrected chi connectivity index (χ1v) is 8.43. The van der Waals surface area contributed by atoms with Crippen LogP contribution in [0.3, 0.4) is 0 Å². The van der Waals surface area contributed by atoms with Crippen LogP contribution < -0.4 is 4.90 Å². The first kappa shape index (κ1) is 17.8. The van der Waals surface area contributed by atoms with E-state index in [4.69, 9.17) is 11.6 Å². The molecule has 0 radical (unpaired) electrons. The van der Waals surface area contributed by atoms with E-state index in [0.717, 1.165) is 23.8 Å². The van der Waals surface area contributed by atoms with Crippen LogP contribution in [-0.2, 0) is 5.41 Å². The molecule has 0 atom stereocenters. The van der Waals surface area contributed by atoms with Crippen LogP contribution in [0, 0.1) is 0 Å². The van der Waals surface area contributed by atoms with Gasteiger partial charge in [0.2, 0.25) is 0 Å². The highest BCUT2D eigenvalue weighted by Crippen LogP contribution is 2.30. The summed E-state index contributed by atoms with van der Waals surface area (Å²) in [6, 6.07) is 16.9. The first-order valence-electron chi connectivity index (χ1n) is 8.06. The maximum absolute atomic E-state index is 6.19. The third-order valence-corrected chi connectivity index (χ3v) is 4.17. The van der Waals surface area contributed by atoms with Crippen molar-refractivity contribution >= 4 is 23.0 Å². The van der Waals surface area contributed by atoms with Crippen LogP contribution in [0.15, 0.2) is 48.5 Å². The second kappa shape index (κ2) is 7.37. The molecule has 2 rings (SSSR count). The molecule has 124 valence electrons. The van der Waals surface area contributed by atoms with Gasteiger partial charge in [-0.25, -0.2) is 0 Å². The maximum atomic E-state index is 6.19. The fraction of sp³-hybridized carbons (Fsp3) is 0.400. The van der Waals surface area contributed by atoms with Crippen LogP contribution in [0.2, 0.25) is 5.02 Å². The summed E-state index contributed by atoms with van der Waals surface area (Å²) in [4.78, 5) is 4.51. The third-order valence-electron chi connectivity index (χ3n) is 3.94.